The van der Waals surface area contributed by atoms with E-state index >= 15 is 0 Å². The number of para-hydroxylation sites is 1. The first-order valence-corrected chi connectivity index (χ1v) is 11.8. The second-order valence-electron chi connectivity index (χ2n) is 8.14. The van der Waals surface area contributed by atoms with Crippen molar-refractivity contribution in [3.63, 3.8) is 0 Å². The molecule has 4 rings (SSSR count). The summed E-state index contributed by atoms with van der Waals surface area (Å²) in [6.07, 6.45) is 7.38. The van der Waals surface area contributed by atoms with Gasteiger partial charge in [-0.15, -0.1) is 11.3 Å². The fraction of sp³-hybridized carbons (Fsp3) is 0.435. The van der Waals surface area contributed by atoms with Crippen molar-refractivity contribution in [1.82, 2.24) is 20.2 Å². The average Bonchev–Trinajstić information content (AvgIpc) is 3.27. The largest absolute Gasteiger partial charge is 0.361 e. The van der Waals surface area contributed by atoms with Gasteiger partial charge in [-0.3, -0.25) is 14.5 Å². The van der Waals surface area contributed by atoms with Crippen LogP contribution < -0.4 is 10.6 Å². The summed E-state index contributed by atoms with van der Waals surface area (Å²) >= 11 is 1.43. The van der Waals surface area contributed by atoms with Gasteiger partial charge in [0.15, 0.2) is 5.13 Å². The van der Waals surface area contributed by atoms with Gasteiger partial charge in [-0.1, -0.05) is 31.0 Å². The van der Waals surface area contributed by atoms with Crippen LogP contribution in [0.15, 0.2) is 35.8 Å². The van der Waals surface area contributed by atoms with Crippen LogP contribution in [0.3, 0.4) is 0 Å². The number of hydrogen-bond acceptors (Lipinski definition) is 5. The highest BCUT2D eigenvalue weighted by Crippen LogP contribution is 2.21. The summed E-state index contributed by atoms with van der Waals surface area (Å²) in [5.41, 5.74) is 2.98. The lowest BCUT2D eigenvalue weighted by molar-refractivity contribution is -0.125. The molecule has 2 aromatic heterocycles. The summed E-state index contributed by atoms with van der Waals surface area (Å²) in [6.45, 7) is 4.46. The summed E-state index contributed by atoms with van der Waals surface area (Å²) in [5.74, 6) is -0.489. The number of fused-ring (bicyclic) bond motifs is 1. The second-order valence-corrected chi connectivity index (χ2v) is 9.00. The predicted molar refractivity (Wildman–Crippen MR) is 124 cm³/mol. The molecule has 1 aliphatic heterocycles. The van der Waals surface area contributed by atoms with E-state index in [-0.39, 0.29) is 11.8 Å². The number of thiazole rings is 1. The van der Waals surface area contributed by atoms with Crippen molar-refractivity contribution in [2.45, 2.75) is 51.6 Å². The number of aromatic nitrogens is 2. The third kappa shape index (κ3) is 5.71. The monoisotopic (exact) mass is 439 g/mol. The molecule has 164 valence electrons. The van der Waals surface area contributed by atoms with Crippen molar-refractivity contribution in [2.75, 3.05) is 18.4 Å². The molecule has 1 atom stereocenters. The van der Waals surface area contributed by atoms with Crippen LogP contribution >= 0.6 is 11.3 Å². The minimum Gasteiger partial charge on any atom is -0.361 e. The minimum absolute atomic E-state index is 0.235. The van der Waals surface area contributed by atoms with Gasteiger partial charge in [0.1, 0.15) is 6.04 Å². The number of benzene rings is 1. The molecule has 0 spiro atoms. The van der Waals surface area contributed by atoms with E-state index in [1.807, 2.05) is 35.8 Å². The Balaban J connectivity index is 1.41. The van der Waals surface area contributed by atoms with Gasteiger partial charge < -0.3 is 15.6 Å². The minimum atomic E-state index is -0.672. The number of carbonyl (C=O) groups is 2. The van der Waals surface area contributed by atoms with Crippen LogP contribution in [-0.2, 0) is 22.6 Å². The lowest BCUT2D eigenvalue weighted by Crippen LogP contribution is -2.44. The molecule has 0 aliphatic carbocycles. The Bertz CT molecular complexity index is 1040. The van der Waals surface area contributed by atoms with E-state index in [9.17, 15) is 9.59 Å². The molecule has 0 saturated carbocycles. The summed E-state index contributed by atoms with van der Waals surface area (Å²) in [7, 11) is 0. The summed E-state index contributed by atoms with van der Waals surface area (Å²) in [6, 6.07) is 7.27. The third-order valence-electron chi connectivity index (χ3n) is 5.66. The smallest absolute Gasteiger partial charge is 0.249 e. The maximum atomic E-state index is 13.0. The predicted octanol–water partition coefficient (Wildman–Crippen LogP) is 3.69. The molecule has 0 bridgehead atoms. The normalized spacial score (nSPS) is 16.0. The second kappa shape index (κ2) is 10.1. The first-order chi connectivity index (χ1) is 15.1. The van der Waals surface area contributed by atoms with Crippen LogP contribution in [-0.4, -0.2) is 45.8 Å². The fourth-order valence-corrected chi connectivity index (χ4v) is 4.83. The fourth-order valence-electron chi connectivity index (χ4n) is 4.13. The van der Waals surface area contributed by atoms with Gasteiger partial charge in [0.05, 0.1) is 5.69 Å². The molecule has 3 N–H and O–H groups in total. The average molecular weight is 440 g/mol. The van der Waals surface area contributed by atoms with Crippen molar-refractivity contribution in [1.29, 1.82) is 0 Å². The van der Waals surface area contributed by atoms with Gasteiger partial charge in [-0.25, -0.2) is 4.98 Å². The van der Waals surface area contributed by atoms with Gasteiger partial charge in [-0.2, -0.15) is 0 Å². The molecule has 3 aromatic rings. The van der Waals surface area contributed by atoms with Crippen LogP contribution in [0.5, 0.6) is 0 Å². The van der Waals surface area contributed by atoms with E-state index in [1.54, 1.807) is 0 Å². The van der Waals surface area contributed by atoms with Gasteiger partial charge in [-0.05, 0) is 37.6 Å². The van der Waals surface area contributed by atoms with E-state index in [4.69, 9.17) is 0 Å². The number of nitrogens with zero attached hydrogens (tertiary/aromatic N) is 2. The topological polar surface area (TPSA) is 90.1 Å². The highest BCUT2D eigenvalue weighted by atomic mass is 32.1. The first kappa shape index (κ1) is 21.5. The molecule has 7 nitrogen and oxygen atoms in total. The highest BCUT2D eigenvalue weighted by molar-refractivity contribution is 7.13. The van der Waals surface area contributed by atoms with Crippen LogP contribution in [0.4, 0.5) is 5.13 Å². The molecule has 0 radical (unpaired) electrons. The number of nitrogens with one attached hydrogen (secondary N) is 3. The number of anilines is 1. The third-order valence-corrected chi connectivity index (χ3v) is 6.47. The number of carbonyl (C=O) groups excluding carboxylic acids is 2. The van der Waals surface area contributed by atoms with Crippen molar-refractivity contribution < 1.29 is 9.59 Å². The van der Waals surface area contributed by atoms with Gasteiger partial charge in [0.2, 0.25) is 11.8 Å². The lowest BCUT2D eigenvalue weighted by atomic mass is 10.0. The number of hydrogen-bond donors (Lipinski definition) is 3. The van der Waals surface area contributed by atoms with E-state index in [0.717, 1.165) is 41.8 Å². The number of rotatable bonds is 7. The van der Waals surface area contributed by atoms with Crippen molar-refractivity contribution >= 4 is 39.2 Å². The Morgan fingerprint density at radius 3 is 2.74 bits per heavy atom. The molecular formula is C23H29N5O2S. The van der Waals surface area contributed by atoms with E-state index < -0.39 is 6.04 Å². The van der Waals surface area contributed by atoms with E-state index in [1.165, 1.54) is 43.9 Å². The molecule has 1 saturated heterocycles. The molecule has 0 unspecified atom stereocenters. The number of H-pyrrole nitrogens is 1. The van der Waals surface area contributed by atoms with Crippen molar-refractivity contribution in [3.8, 4) is 0 Å². The Morgan fingerprint density at radius 2 is 1.97 bits per heavy atom. The molecule has 1 aromatic carbocycles. The Hall–Kier alpha value is -2.71. The van der Waals surface area contributed by atoms with Crippen LogP contribution in [0.2, 0.25) is 0 Å². The van der Waals surface area contributed by atoms with Crippen LogP contribution in [0.25, 0.3) is 10.9 Å². The van der Waals surface area contributed by atoms with Crippen LogP contribution in [0.1, 0.15) is 43.9 Å². The maximum absolute atomic E-state index is 13.0. The van der Waals surface area contributed by atoms with Crippen LogP contribution in [0, 0.1) is 0 Å². The lowest BCUT2D eigenvalue weighted by Gasteiger charge is -2.18. The number of amides is 2. The van der Waals surface area contributed by atoms with E-state index in [0.29, 0.717) is 11.6 Å². The highest BCUT2D eigenvalue weighted by Gasteiger charge is 2.23. The standard InChI is InChI=1S/C23H29N5O2S/c1-16(29)25-21(12-17-13-24-20-9-5-4-8-19(17)20)22(30)27-23-26-18(15-31-23)14-28-10-6-2-3-7-11-28/h4-5,8-9,13,15,21,24H,2-3,6-7,10-12,14H2,1H3,(H,25,29)(H,26,27,30)/t21-/m1/s1. The molecule has 31 heavy (non-hydrogen) atoms. The van der Waals surface area contributed by atoms with Crippen molar-refractivity contribution in [2.24, 2.45) is 0 Å². The molecule has 2 amide bonds. The number of aromatic amines is 1. The molecule has 1 fully saturated rings. The quantitative estimate of drug-likeness (QED) is 0.524. The van der Waals surface area contributed by atoms with Gasteiger partial charge >= 0.3 is 0 Å². The maximum Gasteiger partial charge on any atom is 0.249 e. The first-order valence-electron chi connectivity index (χ1n) is 10.9. The summed E-state index contributed by atoms with van der Waals surface area (Å²) in [4.78, 5) is 35.0. The summed E-state index contributed by atoms with van der Waals surface area (Å²) < 4.78 is 0. The van der Waals surface area contributed by atoms with E-state index in [2.05, 4.69) is 25.5 Å². The molecule has 1 aliphatic rings. The number of likely N-dealkylation sites (tertiary alicyclic amines) is 1. The van der Waals surface area contributed by atoms with Crippen molar-refractivity contribution in [3.05, 3.63) is 47.1 Å². The SMILES string of the molecule is CC(=O)N[C@H](Cc1c[nH]c2ccccc12)C(=O)Nc1nc(CN2CCCCCC2)cs1. The zero-order valence-electron chi connectivity index (χ0n) is 17.8. The Morgan fingerprint density at radius 1 is 1.19 bits per heavy atom. The molecule has 3 heterocycles. The van der Waals surface area contributed by atoms with Gasteiger partial charge in [0.25, 0.3) is 0 Å². The Kier molecular flexibility index (Phi) is 6.99. The van der Waals surface area contributed by atoms with Gasteiger partial charge in [0, 0.05) is 42.4 Å². The molecule has 8 heteroatoms. The molecular weight excluding hydrogens is 410 g/mol. The Labute approximate surface area is 186 Å². The summed E-state index contributed by atoms with van der Waals surface area (Å²) in [5, 5.41) is 9.32. The zero-order valence-corrected chi connectivity index (χ0v) is 18.6. The zero-order chi connectivity index (χ0) is 21.6.